The summed E-state index contributed by atoms with van der Waals surface area (Å²) in [6.45, 7) is 1.52. The Morgan fingerprint density at radius 2 is 2.08 bits per heavy atom. The maximum atomic E-state index is 12.2. The number of sulfone groups is 1. The van der Waals surface area contributed by atoms with Crippen molar-refractivity contribution < 1.29 is 18.3 Å². The van der Waals surface area contributed by atoms with E-state index >= 15 is 0 Å². The van der Waals surface area contributed by atoms with Crippen LogP contribution in [0.4, 0.5) is 0 Å². The fourth-order valence-electron chi connectivity index (χ4n) is 3.15. The maximum Gasteiger partial charge on any atom is 0.235 e. The van der Waals surface area contributed by atoms with Crippen molar-refractivity contribution >= 4 is 26.6 Å². The fraction of sp³-hybridized carbons (Fsp3) is 0.444. The van der Waals surface area contributed by atoms with Gasteiger partial charge in [0, 0.05) is 17.3 Å². The molecule has 2 N–H and O–H groups in total. The molecule has 25 heavy (non-hydrogen) atoms. The number of pyridine rings is 1. The average molecular weight is 362 g/mol. The Bertz CT molecular complexity index is 876. The van der Waals surface area contributed by atoms with E-state index in [1.807, 2.05) is 30.3 Å². The highest BCUT2D eigenvalue weighted by Gasteiger charge is 2.36. The van der Waals surface area contributed by atoms with Gasteiger partial charge in [0.1, 0.15) is 5.75 Å². The largest absolute Gasteiger partial charge is 0.393 e. The van der Waals surface area contributed by atoms with Crippen molar-refractivity contribution in [2.45, 2.75) is 31.9 Å². The van der Waals surface area contributed by atoms with Gasteiger partial charge in [-0.25, -0.2) is 8.42 Å². The molecule has 1 saturated carbocycles. The second-order valence-corrected chi connectivity index (χ2v) is 8.92. The predicted octanol–water partition coefficient (Wildman–Crippen LogP) is 1.60. The lowest BCUT2D eigenvalue weighted by Crippen LogP contribution is -2.43. The molecule has 1 amide bonds. The zero-order chi connectivity index (χ0) is 18.0. The van der Waals surface area contributed by atoms with Crippen LogP contribution in [0, 0.1) is 5.92 Å². The van der Waals surface area contributed by atoms with Gasteiger partial charge < -0.3 is 10.4 Å². The summed E-state index contributed by atoms with van der Waals surface area (Å²) < 4.78 is 23.4. The van der Waals surface area contributed by atoms with Crippen molar-refractivity contribution in [3.8, 4) is 0 Å². The van der Waals surface area contributed by atoms with Gasteiger partial charge in [-0.15, -0.1) is 0 Å². The molecule has 1 aromatic carbocycles. The number of nitrogens with one attached hydrogen (secondary N) is 1. The standard InChI is InChI=1S/C18H22N2O4S/c1-2-25(23,24)11-17(22)20-18(13-8-15(21)9-13)14-7-12-5-3-4-6-16(12)19-10-14/h3-7,10,13,15,18,21H,2,8-9,11H2,1H3,(H,20,22). The van der Waals surface area contributed by atoms with Crippen LogP contribution in [0.1, 0.15) is 31.4 Å². The summed E-state index contributed by atoms with van der Waals surface area (Å²) in [7, 11) is -3.38. The molecule has 0 spiro atoms. The van der Waals surface area contributed by atoms with Crippen LogP contribution in [0.2, 0.25) is 0 Å². The quantitative estimate of drug-likeness (QED) is 0.814. The van der Waals surface area contributed by atoms with E-state index in [0.29, 0.717) is 12.8 Å². The first-order chi connectivity index (χ1) is 11.9. The van der Waals surface area contributed by atoms with Crippen LogP contribution in [-0.2, 0) is 14.6 Å². The number of amides is 1. The Balaban J connectivity index is 1.85. The minimum Gasteiger partial charge on any atom is -0.393 e. The highest BCUT2D eigenvalue weighted by molar-refractivity contribution is 7.92. The first-order valence-corrected chi connectivity index (χ1v) is 10.2. The summed E-state index contributed by atoms with van der Waals surface area (Å²) >= 11 is 0. The van der Waals surface area contributed by atoms with Gasteiger partial charge >= 0.3 is 0 Å². The number of carbonyl (C=O) groups is 1. The molecule has 1 aromatic heterocycles. The van der Waals surface area contributed by atoms with Crippen LogP contribution in [0.15, 0.2) is 36.5 Å². The molecule has 1 fully saturated rings. The predicted molar refractivity (Wildman–Crippen MR) is 95.7 cm³/mol. The van der Waals surface area contributed by atoms with Crippen LogP contribution in [0.3, 0.4) is 0 Å². The lowest BCUT2D eigenvalue weighted by Gasteiger charge is -2.38. The summed E-state index contributed by atoms with van der Waals surface area (Å²) in [6.07, 6.45) is 2.51. The topological polar surface area (TPSA) is 96.4 Å². The van der Waals surface area contributed by atoms with Crippen LogP contribution in [0.25, 0.3) is 10.9 Å². The Morgan fingerprint density at radius 3 is 2.76 bits per heavy atom. The van der Waals surface area contributed by atoms with Crippen molar-refractivity contribution in [3.05, 3.63) is 42.1 Å². The number of para-hydroxylation sites is 1. The molecule has 0 bridgehead atoms. The highest BCUT2D eigenvalue weighted by Crippen LogP contribution is 2.38. The third-order valence-corrected chi connectivity index (χ3v) is 6.28. The van der Waals surface area contributed by atoms with Gasteiger partial charge in [0.2, 0.25) is 5.91 Å². The van der Waals surface area contributed by atoms with Gasteiger partial charge in [0.25, 0.3) is 0 Å². The number of aromatic nitrogens is 1. The van der Waals surface area contributed by atoms with E-state index in [2.05, 4.69) is 10.3 Å². The van der Waals surface area contributed by atoms with Crippen LogP contribution in [0.5, 0.6) is 0 Å². The SMILES string of the molecule is CCS(=O)(=O)CC(=O)NC(c1cnc2ccccc2c1)C1CC(O)C1. The third-order valence-electron chi connectivity index (χ3n) is 4.70. The number of hydrogen-bond acceptors (Lipinski definition) is 5. The Hall–Kier alpha value is -1.99. The molecule has 1 heterocycles. The number of benzene rings is 1. The molecular weight excluding hydrogens is 340 g/mol. The molecule has 3 rings (SSSR count). The molecule has 134 valence electrons. The van der Waals surface area contributed by atoms with Gasteiger partial charge in [-0.05, 0) is 36.5 Å². The molecule has 1 aliphatic rings. The number of fused-ring (bicyclic) bond motifs is 1. The zero-order valence-corrected chi connectivity index (χ0v) is 14.9. The Morgan fingerprint density at radius 1 is 1.36 bits per heavy atom. The van der Waals surface area contributed by atoms with E-state index in [1.165, 1.54) is 6.92 Å². The Labute approximate surface area is 147 Å². The summed E-state index contributed by atoms with van der Waals surface area (Å²) in [5.74, 6) is -1.02. The maximum absolute atomic E-state index is 12.2. The third kappa shape index (κ3) is 4.16. The van der Waals surface area contributed by atoms with Crippen molar-refractivity contribution in [2.24, 2.45) is 5.92 Å². The van der Waals surface area contributed by atoms with Gasteiger partial charge in [0.15, 0.2) is 9.84 Å². The molecule has 2 aromatic rings. The van der Waals surface area contributed by atoms with Gasteiger partial charge in [-0.1, -0.05) is 25.1 Å². The molecule has 6 nitrogen and oxygen atoms in total. The molecule has 0 saturated heterocycles. The van der Waals surface area contributed by atoms with Gasteiger partial charge in [0.05, 0.1) is 17.7 Å². The van der Waals surface area contributed by atoms with E-state index < -0.39 is 21.5 Å². The summed E-state index contributed by atoms with van der Waals surface area (Å²) in [6, 6.07) is 9.30. The number of rotatable bonds is 6. The van der Waals surface area contributed by atoms with Gasteiger partial charge in [-0.3, -0.25) is 9.78 Å². The van der Waals surface area contributed by atoms with E-state index in [0.717, 1.165) is 16.5 Å². The molecule has 7 heteroatoms. The molecule has 0 aliphatic heterocycles. The molecule has 0 radical (unpaired) electrons. The average Bonchev–Trinajstić information content (AvgIpc) is 2.56. The molecule has 1 atom stereocenters. The van der Waals surface area contributed by atoms with E-state index in [1.54, 1.807) is 6.20 Å². The second kappa shape index (κ2) is 7.09. The van der Waals surface area contributed by atoms with Crippen molar-refractivity contribution in [2.75, 3.05) is 11.5 Å². The second-order valence-electron chi connectivity index (χ2n) is 6.57. The monoisotopic (exact) mass is 362 g/mol. The lowest BCUT2D eigenvalue weighted by atomic mass is 9.75. The number of carbonyl (C=O) groups excluding carboxylic acids is 1. The Kier molecular flexibility index (Phi) is 5.06. The van der Waals surface area contributed by atoms with Crippen LogP contribution < -0.4 is 5.32 Å². The minimum atomic E-state index is -3.38. The van der Waals surface area contributed by atoms with E-state index in [9.17, 15) is 18.3 Å². The lowest BCUT2D eigenvalue weighted by molar-refractivity contribution is -0.120. The van der Waals surface area contributed by atoms with Gasteiger partial charge in [-0.2, -0.15) is 0 Å². The molecule has 1 unspecified atom stereocenters. The van der Waals surface area contributed by atoms with E-state index in [4.69, 9.17) is 0 Å². The zero-order valence-electron chi connectivity index (χ0n) is 14.1. The van der Waals surface area contributed by atoms with Crippen LogP contribution in [-0.4, -0.2) is 42.0 Å². The van der Waals surface area contributed by atoms with Crippen molar-refractivity contribution in [3.63, 3.8) is 0 Å². The summed E-state index contributed by atoms with van der Waals surface area (Å²) in [5.41, 5.74) is 1.69. The number of aliphatic hydroxyl groups is 1. The minimum absolute atomic E-state index is 0.0647. The van der Waals surface area contributed by atoms with E-state index in [-0.39, 0.29) is 23.8 Å². The highest BCUT2D eigenvalue weighted by atomic mass is 32.2. The summed E-state index contributed by atoms with van der Waals surface area (Å²) in [5, 5.41) is 13.4. The van der Waals surface area contributed by atoms with Crippen molar-refractivity contribution in [1.82, 2.24) is 10.3 Å². The molecule has 1 aliphatic carbocycles. The van der Waals surface area contributed by atoms with Crippen molar-refractivity contribution in [1.29, 1.82) is 0 Å². The first kappa shape index (κ1) is 17.8. The summed E-state index contributed by atoms with van der Waals surface area (Å²) in [4.78, 5) is 16.6. The first-order valence-electron chi connectivity index (χ1n) is 8.40. The number of aliphatic hydroxyl groups excluding tert-OH is 1. The number of hydrogen-bond donors (Lipinski definition) is 2. The fourth-order valence-corrected chi connectivity index (χ4v) is 3.84. The smallest absolute Gasteiger partial charge is 0.235 e. The normalized spacial score (nSPS) is 21.5. The molecular formula is C18H22N2O4S. The van der Waals surface area contributed by atoms with Crippen LogP contribution >= 0.6 is 0 Å². The number of nitrogens with zero attached hydrogens (tertiary/aromatic N) is 1.